The van der Waals surface area contributed by atoms with E-state index in [1.807, 2.05) is 17.1 Å². The Hall–Kier alpha value is -3.06. The van der Waals surface area contributed by atoms with Crippen molar-refractivity contribution in [2.75, 3.05) is 20.1 Å². The molecule has 7 heteroatoms. The second kappa shape index (κ2) is 7.57. The Balaban J connectivity index is 1.30. The minimum absolute atomic E-state index is 0.0187. The summed E-state index contributed by atoms with van der Waals surface area (Å²) >= 11 is 0. The molecule has 7 nitrogen and oxygen atoms in total. The van der Waals surface area contributed by atoms with Gasteiger partial charge in [-0.1, -0.05) is 42.0 Å². The standard InChI is InChI=1S/C24H26N4O3/c1-16-3-5-17(6-4-16)8-12-28-15-24-9-7-19(31-24)20(21(24)23(28)30)22(29)27(2)14-18-13-25-10-11-26-18/h3-7,9-11,13,19-21H,8,12,14-15H2,1-2H3/t19-,20-,21+,24-/m0/s1. The monoisotopic (exact) mass is 418 g/mol. The molecule has 2 fully saturated rings. The van der Waals surface area contributed by atoms with E-state index in [4.69, 9.17) is 4.74 Å². The van der Waals surface area contributed by atoms with Gasteiger partial charge in [-0.25, -0.2) is 0 Å². The van der Waals surface area contributed by atoms with E-state index in [1.54, 1.807) is 30.5 Å². The topological polar surface area (TPSA) is 75.6 Å². The smallest absolute Gasteiger partial charge is 0.230 e. The van der Waals surface area contributed by atoms with Crippen molar-refractivity contribution in [1.29, 1.82) is 0 Å². The molecule has 1 spiro atoms. The predicted molar refractivity (Wildman–Crippen MR) is 114 cm³/mol. The largest absolute Gasteiger partial charge is 0.360 e. The molecule has 2 amide bonds. The summed E-state index contributed by atoms with van der Waals surface area (Å²) in [5.41, 5.74) is 2.45. The van der Waals surface area contributed by atoms with Crippen LogP contribution in [0.25, 0.3) is 0 Å². The second-order valence-corrected chi connectivity index (χ2v) is 8.79. The zero-order valence-corrected chi connectivity index (χ0v) is 17.8. The van der Waals surface area contributed by atoms with Crippen LogP contribution in [0.1, 0.15) is 16.8 Å². The molecule has 5 rings (SSSR count). The van der Waals surface area contributed by atoms with Gasteiger partial charge in [-0.2, -0.15) is 0 Å². The van der Waals surface area contributed by atoms with E-state index in [2.05, 4.69) is 41.2 Å². The summed E-state index contributed by atoms with van der Waals surface area (Å²) in [4.78, 5) is 38.5. The van der Waals surface area contributed by atoms with Crippen LogP contribution in [0.3, 0.4) is 0 Å². The van der Waals surface area contributed by atoms with Crippen molar-refractivity contribution in [1.82, 2.24) is 19.8 Å². The number of rotatable bonds is 6. The molecule has 3 aliphatic heterocycles. The highest BCUT2D eigenvalue weighted by atomic mass is 16.5. The summed E-state index contributed by atoms with van der Waals surface area (Å²) in [6, 6.07) is 8.38. The van der Waals surface area contributed by atoms with Crippen molar-refractivity contribution in [3.05, 3.63) is 71.8 Å². The number of hydrogen-bond donors (Lipinski definition) is 0. The molecule has 31 heavy (non-hydrogen) atoms. The third-order valence-corrected chi connectivity index (χ3v) is 6.65. The van der Waals surface area contributed by atoms with Crippen LogP contribution in [0.2, 0.25) is 0 Å². The summed E-state index contributed by atoms with van der Waals surface area (Å²) in [6.45, 7) is 3.54. The van der Waals surface area contributed by atoms with Crippen molar-refractivity contribution in [3.8, 4) is 0 Å². The zero-order chi connectivity index (χ0) is 21.6. The highest BCUT2D eigenvalue weighted by Gasteiger charge is 2.66. The Morgan fingerprint density at radius 2 is 2.10 bits per heavy atom. The summed E-state index contributed by atoms with van der Waals surface area (Å²) in [5.74, 6) is -1.02. The predicted octanol–water partition coefficient (Wildman–Crippen LogP) is 1.77. The summed E-state index contributed by atoms with van der Waals surface area (Å²) in [5, 5.41) is 0. The van der Waals surface area contributed by atoms with Crippen LogP contribution in [0.4, 0.5) is 0 Å². The van der Waals surface area contributed by atoms with Crippen LogP contribution in [0.5, 0.6) is 0 Å². The molecule has 2 bridgehead atoms. The number of nitrogens with zero attached hydrogens (tertiary/aromatic N) is 4. The van der Waals surface area contributed by atoms with Crippen LogP contribution in [-0.2, 0) is 27.3 Å². The van der Waals surface area contributed by atoms with Crippen molar-refractivity contribution in [3.63, 3.8) is 0 Å². The lowest BCUT2D eigenvalue weighted by Crippen LogP contribution is -2.44. The van der Waals surface area contributed by atoms with E-state index in [-0.39, 0.29) is 17.9 Å². The number of amides is 2. The number of benzene rings is 1. The van der Waals surface area contributed by atoms with E-state index in [9.17, 15) is 9.59 Å². The van der Waals surface area contributed by atoms with Gasteiger partial charge in [0.05, 0.1) is 42.9 Å². The Labute approximate surface area is 181 Å². The number of hydrogen-bond acceptors (Lipinski definition) is 5. The Morgan fingerprint density at radius 3 is 2.84 bits per heavy atom. The molecule has 4 atom stereocenters. The van der Waals surface area contributed by atoms with Gasteiger partial charge >= 0.3 is 0 Å². The van der Waals surface area contributed by atoms with Gasteiger partial charge in [0, 0.05) is 26.0 Å². The fraction of sp³-hybridized carbons (Fsp3) is 0.417. The van der Waals surface area contributed by atoms with Gasteiger partial charge in [-0.05, 0) is 18.9 Å². The maximum Gasteiger partial charge on any atom is 0.230 e. The Bertz CT molecular complexity index is 1020. The number of ether oxygens (including phenoxy) is 1. The van der Waals surface area contributed by atoms with Gasteiger partial charge in [-0.3, -0.25) is 19.6 Å². The molecule has 0 aliphatic carbocycles. The van der Waals surface area contributed by atoms with Crippen LogP contribution < -0.4 is 0 Å². The van der Waals surface area contributed by atoms with E-state index in [0.717, 1.165) is 6.42 Å². The summed E-state index contributed by atoms with van der Waals surface area (Å²) in [7, 11) is 1.74. The Morgan fingerprint density at radius 1 is 1.29 bits per heavy atom. The van der Waals surface area contributed by atoms with E-state index >= 15 is 0 Å². The van der Waals surface area contributed by atoms with Gasteiger partial charge in [0.1, 0.15) is 5.60 Å². The zero-order valence-electron chi connectivity index (χ0n) is 17.8. The average Bonchev–Trinajstić information content (AvgIpc) is 3.41. The van der Waals surface area contributed by atoms with Crippen LogP contribution in [0, 0.1) is 18.8 Å². The maximum atomic E-state index is 13.4. The number of aromatic nitrogens is 2. The van der Waals surface area contributed by atoms with Gasteiger partial charge in [0.25, 0.3) is 0 Å². The fourth-order valence-corrected chi connectivity index (χ4v) is 5.06. The van der Waals surface area contributed by atoms with E-state index < -0.39 is 17.4 Å². The molecule has 0 N–H and O–H groups in total. The maximum absolute atomic E-state index is 13.4. The second-order valence-electron chi connectivity index (χ2n) is 8.79. The van der Waals surface area contributed by atoms with Crippen molar-refractivity contribution in [2.45, 2.75) is 31.6 Å². The van der Waals surface area contributed by atoms with Crippen molar-refractivity contribution in [2.24, 2.45) is 11.8 Å². The van der Waals surface area contributed by atoms with Crippen LogP contribution in [-0.4, -0.2) is 63.4 Å². The fourth-order valence-electron chi connectivity index (χ4n) is 5.06. The number of carbonyl (C=O) groups excluding carboxylic acids is 2. The lowest BCUT2D eigenvalue weighted by Gasteiger charge is -2.27. The number of likely N-dealkylation sites (tertiary alicyclic amines) is 1. The lowest BCUT2D eigenvalue weighted by molar-refractivity contribution is -0.142. The molecule has 2 aromatic rings. The third kappa shape index (κ3) is 3.43. The molecule has 0 saturated carbocycles. The summed E-state index contributed by atoms with van der Waals surface area (Å²) in [6.07, 6.45) is 9.25. The number of aryl methyl sites for hydroxylation is 1. The first-order valence-electron chi connectivity index (χ1n) is 10.7. The van der Waals surface area contributed by atoms with Gasteiger partial charge in [0.15, 0.2) is 0 Å². The molecule has 1 aromatic carbocycles. The minimum Gasteiger partial charge on any atom is -0.360 e. The molecular weight excluding hydrogens is 392 g/mol. The SMILES string of the molecule is Cc1ccc(CCN2C[C@]34C=C[C@H](O3)[C@H](C(=O)N(C)Cc3cnccn3)[C@@H]4C2=O)cc1. The quantitative estimate of drug-likeness (QED) is 0.669. The average molecular weight is 418 g/mol. The first-order chi connectivity index (χ1) is 15.0. The van der Waals surface area contributed by atoms with Crippen LogP contribution in [0.15, 0.2) is 55.0 Å². The molecule has 1 aromatic heterocycles. The Kier molecular flexibility index (Phi) is 4.85. The highest BCUT2D eigenvalue weighted by molar-refractivity contribution is 5.93. The van der Waals surface area contributed by atoms with Crippen LogP contribution >= 0.6 is 0 Å². The molecular formula is C24H26N4O3. The molecule has 0 radical (unpaired) electrons. The van der Waals surface area contributed by atoms with Gasteiger partial charge in [0.2, 0.25) is 11.8 Å². The molecule has 160 valence electrons. The van der Waals surface area contributed by atoms with Gasteiger partial charge < -0.3 is 14.5 Å². The number of carbonyl (C=O) groups is 2. The first kappa shape index (κ1) is 19.9. The van der Waals surface area contributed by atoms with E-state index in [0.29, 0.717) is 25.3 Å². The molecule has 3 aliphatic rings. The normalized spacial score (nSPS) is 28.3. The summed E-state index contributed by atoms with van der Waals surface area (Å²) < 4.78 is 6.24. The molecule has 4 heterocycles. The van der Waals surface area contributed by atoms with Gasteiger partial charge in [-0.15, -0.1) is 0 Å². The van der Waals surface area contributed by atoms with Crippen molar-refractivity contribution < 1.29 is 14.3 Å². The molecule has 2 saturated heterocycles. The number of fused-ring (bicyclic) bond motifs is 1. The third-order valence-electron chi connectivity index (χ3n) is 6.65. The van der Waals surface area contributed by atoms with E-state index in [1.165, 1.54) is 11.1 Å². The lowest BCUT2D eigenvalue weighted by atomic mass is 9.76. The highest BCUT2D eigenvalue weighted by Crippen LogP contribution is 2.52. The minimum atomic E-state index is -0.678. The molecule has 0 unspecified atom stereocenters. The van der Waals surface area contributed by atoms with Crippen molar-refractivity contribution >= 4 is 11.8 Å². The first-order valence-corrected chi connectivity index (χ1v) is 10.7.